The molecular weight excluding hydrogens is 252 g/mol. The molecule has 1 aromatic heterocycles. The first-order valence-electron chi connectivity index (χ1n) is 7.52. The molecule has 1 aromatic rings. The Hall–Kier alpha value is -1.40. The molecule has 110 valence electrons. The second-order valence-electron chi connectivity index (χ2n) is 6.15. The maximum Gasteiger partial charge on any atom is 0.145 e. The van der Waals surface area contributed by atoms with E-state index in [1.54, 1.807) is 0 Å². The van der Waals surface area contributed by atoms with Crippen LogP contribution in [0.4, 0.5) is 11.6 Å². The molecule has 0 radical (unpaired) electrons. The number of rotatable bonds is 5. The van der Waals surface area contributed by atoms with Crippen molar-refractivity contribution in [3.63, 3.8) is 0 Å². The van der Waals surface area contributed by atoms with Crippen molar-refractivity contribution in [2.45, 2.75) is 51.1 Å². The summed E-state index contributed by atoms with van der Waals surface area (Å²) in [6.45, 7) is 6.50. The molecule has 0 aromatic carbocycles. The van der Waals surface area contributed by atoms with Crippen LogP contribution in [0.15, 0.2) is 6.07 Å². The molecule has 2 fully saturated rings. The highest BCUT2D eigenvalue weighted by Crippen LogP contribution is 2.30. The molecule has 0 bridgehead atoms. The third-order valence-electron chi connectivity index (χ3n) is 4.04. The van der Waals surface area contributed by atoms with Gasteiger partial charge in [-0.15, -0.1) is 0 Å². The molecule has 1 aliphatic carbocycles. The number of hydrogen-bond acceptors (Lipinski definition) is 6. The van der Waals surface area contributed by atoms with Gasteiger partial charge in [0.25, 0.3) is 0 Å². The van der Waals surface area contributed by atoms with E-state index in [1.807, 2.05) is 6.07 Å². The van der Waals surface area contributed by atoms with Gasteiger partial charge in [0.1, 0.15) is 17.5 Å². The second kappa shape index (κ2) is 5.54. The number of likely N-dealkylation sites (tertiary alicyclic amines) is 1. The number of hydrogen-bond donors (Lipinski definition) is 3. The first-order valence-corrected chi connectivity index (χ1v) is 7.52. The average molecular weight is 276 g/mol. The molecule has 6 heteroatoms. The summed E-state index contributed by atoms with van der Waals surface area (Å²) in [5, 5.41) is 3.54. The van der Waals surface area contributed by atoms with Crippen molar-refractivity contribution in [1.29, 1.82) is 0 Å². The molecule has 3 rings (SSSR count). The smallest absolute Gasteiger partial charge is 0.145 e. The molecule has 1 aliphatic heterocycles. The normalized spacial score (nSPS) is 23.3. The Morgan fingerprint density at radius 2 is 2.00 bits per heavy atom. The molecule has 20 heavy (non-hydrogen) atoms. The Morgan fingerprint density at radius 1 is 1.25 bits per heavy atom. The Balaban J connectivity index is 1.68. The van der Waals surface area contributed by atoms with Gasteiger partial charge in [0, 0.05) is 37.2 Å². The van der Waals surface area contributed by atoms with Crippen molar-refractivity contribution in [2.75, 3.05) is 23.8 Å². The summed E-state index contributed by atoms with van der Waals surface area (Å²) in [6.07, 6.45) is 3.93. The van der Waals surface area contributed by atoms with Gasteiger partial charge in [0.15, 0.2) is 0 Å². The number of nitrogens with two attached hydrogens (primary N) is 1. The van der Waals surface area contributed by atoms with Gasteiger partial charge in [-0.3, -0.25) is 4.90 Å². The highest BCUT2D eigenvalue weighted by Gasteiger charge is 2.34. The van der Waals surface area contributed by atoms with Crippen LogP contribution in [-0.2, 0) is 0 Å². The van der Waals surface area contributed by atoms with Gasteiger partial charge in [-0.2, -0.15) is 0 Å². The van der Waals surface area contributed by atoms with Gasteiger partial charge in [-0.1, -0.05) is 13.8 Å². The van der Waals surface area contributed by atoms with E-state index in [0.717, 1.165) is 24.2 Å². The summed E-state index contributed by atoms with van der Waals surface area (Å²) in [5.41, 5.74) is 2.62. The van der Waals surface area contributed by atoms with Crippen molar-refractivity contribution in [2.24, 2.45) is 5.84 Å². The Labute approximate surface area is 120 Å². The number of aromatic nitrogens is 2. The summed E-state index contributed by atoms with van der Waals surface area (Å²) >= 11 is 0. The van der Waals surface area contributed by atoms with Gasteiger partial charge >= 0.3 is 0 Å². The quantitative estimate of drug-likeness (QED) is 0.559. The van der Waals surface area contributed by atoms with E-state index in [9.17, 15) is 0 Å². The van der Waals surface area contributed by atoms with Crippen LogP contribution >= 0.6 is 0 Å². The van der Waals surface area contributed by atoms with Crippen LogP contribution < -0.4 is 16.6 Å². The van der Waals surface area contributed by atoms with E-state index < -0.39 is 0 Å². The fourth-order valence-corrected chi connectivity index (χ4v) is 2.76. The maximum atomic E-state index is 5.49. The van der Waals surface area contributed by atoms with Crippen molar-refractivity contribution < 1.29 is 0 Å². The zero-order valence-corrected chi connectivity index (χ0v) is 12.3. The predicted octanol–water partition coefficient (Wildman–Crippen LogP) is 1.53. The van der Waals surface area contributed by atoms with Crippen LogP contribution in [0, 0.1) is 0 Å². The number of hydrazine groups is 1. The molecule has 6 nitrogen and oxygen atoms in total. The van der Waals surface area contributed by atoms with E-state index >= 15 is 0 Å². The Kier molecular flexibility index (Phi) is 3.76. The molecule has 2 aliphatic rings. The lowest BCUT2D eigenvalue weighted by molar-refractivity contribution is 0.326. The summed E-state index contributed by atoms with van der Waals surface area (Å²) in [5.74, 6) is 8.14. The molecule has 1 saturated heterocycles. The lowest BCUT2D eigenvalue weighted by Gasteiger charge is -2.17. The molecule has 0 amide bonds. The van der Waals surface area contributed by atoms with Crippen molar-refractivity contribution in [3.8, 4) is 0 Å². The van der Waals surface area contributed by atoms with Crippen molar-refractivity contribution in [3.05, 3.63) is 11.9 Å². The second-order valence-corrected chi connectivity index (χ2v) is 6.15. The van der Waals surface area contributed by atoms with Gasteiger partial charge in [0.05, 0.1) is 0 Å². The molecule has 1 atom stereocenters. The van der Waals surface area contributed by atoms with Crippen LogP contribution in [0.1, 0.15) is 44.9 Å². The fraction of sp³-hybridized carbons (Fsp3) is 0.714. The molecule has 2 heterocycles. The van der Waals surface area contributed by atoms with E-state index in [1.165, 1.54) is 25.8 Å². The minimum Gasteiger partial charge on any atom is -0.366 e. The van der Waals surface area contributed by atoms with E-state index in [0.29, 0.717) is 11.9 Å². The van der Waals surface area contributed by atoms with E-state index in [4.69, 9.17) is 5.84 Å². The third-order valence-corrected chi connectivity index (χ3v) is 4.04. The summed E-state index contributed by atoms with van der Waals surface area (Å²) in [4.78, 5) is 11.6. The van der Waals surface area contributed by atoms with Crippen LogP contribution in [0.25, 0.3) is 0 Å². The SMILES string of the molecule is CC(C)c1nc(NN)cc(NC2CCN(C3CC3)C2)n1. The number of nitrogens with zero attached hydrogens (tertiary/aromatic N) is 3. The molecule has 1 unspecified atom stereocenters. The topological polar surface area (TPSA) is 79.1 Å². The molecule has 4 N–H and O–H groups in total. The van der Waals surface area contributed by atoms with Crippen LogP contribution in [0.2, 0.25) is 0 Å². The van der Waals surface area contributed by atoms with E-state index in [2.05, 4.69) is 39.5 Å². The lowest BCUT2D eigenvalue weighted by atomic mass is 10.2. The van der Waals surface area contributed by atoms with Gasteiger partial charge < -0.3 is 10.7 Å². The number of anilines is 2. The minimum atomic E-state index is 0.287. The predicted molar refractivity (Wildman–Crippen MR) is 80.6 cm³/mol. The molecular formula is C14H24N6. The maximum absolute atomic E-state index is 5.49. The number of nitrogens with one attached hydrogen (secondary N) is 2. The Morgan fingerprint density at radius 3 is 2.65 bits per heavy atom. The summed E-state index contributed by atoms with van der Waals surface area (Å²) in [7, 11) is 0. The number of nitrogen functional groups attached to an aromatic ring is 1. The highest BCUT2D eigenvalue weighted by atomic mass is 15.3. The van der Waals surface area contributed by atoms with Crippen molar-refractivity contribution in [1.82, 2.24) is 14.9 Å². The molecule has 1 saturated carbocycles. The van der Waals surface area contributed by atoms with Crippen LogP contribution in [-0.4, -0.2) is 40.0 Å². The lowest BCUT2D eigenvalue weighted by Crippen LogP contribution is -2.28. The van der Waals surface area contributed by atoms with Crippen LogP contribution in [0.3, 0.4) is 0 Å². The zero-order valence-electron chi connectivity index (χ0n) is 12.3. The van der Waals surface area contributed by atoms with Crippen LogP contribution in [0.5, 0.6) is 0 Å². The van der Waals surface area contributed by atoms with Gasteiger partial charge in [-0.05, 0) is 19.3 Å². The molecule has 0 spiro atoms. The average Bonchev–Trinajstić information content (AvgIpc) is 3.19. The third kappa shape index (κ3) is 3.02. The van der Waals surface area contributed by atoms with Gasteiger partial charge in [0.2, 0.25) is 0 Å². The minimum absolute atomic E-state index is 0.287. The summed E-state index contributed by atoms with van der Waals surface area (Å²) < 4.78 is 0. The van der Waals surface area contributed by atoms with E-state index in [-0.39, 0.29) is 5.92 Å². The fourth-order valence-electron chi connectivity index (χ4n) is 2.76. The first-order chi connectivity index (χ1) is 9.65. The van der Waals surface area contributed by atoms with Crippen molar-refractivity contribution >= 4 is 11.6 Å². The summed E-state index contributed by atoms with van der Waals surface area (Å²) in [6, 6.07) is 3.21. The Bertz CT molecular complexity index is 471. The largest absolute Gasteiger partial charge is 0.366 e. The monoisotopic (exact) mass is 276 g/mol. The van der Waals surface area contributed by atoms with Gasteiger partial charge in [-0.25, -0.2) is 15.8 Å². The highest BCUT2D eigenvalue weighted by molar-refractivity contribution is 5.47. The standard InChI is InChI=1S/C14H24N6/c1-9(2)14-17-12(7-13(18-14)19-15)16-10-5-6-20(8-10)11-3-4-11/h7,9-11H,3-6,8,15H2,1-2H3,(H2,16,17,18,19). The first kappa shape index (κ1) is 13.6. The zero-order chi connectivity index (χ0) is 14.1.